The van der Waals surface area contributed by atoms with Gasteiger partial charge in [-0.15, -0.1) is 0 Å². The normalized spacial score (nSPS) is 12.1. The van der Waals surface area contributed by atoms with E-state index in [0.29, 0.717) is 18.8 Å². The lowest BCUT2D eigenvalue weighted by atomic mass is 10.1. The molecule has 5 heteroatoms. The Hall–Kier alpha value is -1.75. The molecular formula is C13H19NO4. The molecule has 0 heterocycles. The number of phenolic OH excluding ortho intramolecular Hbond substituents is 1. The summed E-state index contributed by atoms with van der Waals surface area (Å²) in [6.07, 6.45) is 0.542. The van der Waals surface area contributed by atoms with Crippen LogP contribution in [-0.2, 0) is 11.2 Å². The number of carboxylic acid groups (broad SMARTS) is 1. The zero-order valence-electron chi connectivity index (χ0n) is 10.6. The van der Waals surface area contributed by atoms with Gasteiger partial charge in [0.25, 0.3) is 0 Å². The summed E-state index contributed by atoms with van der Waals surface area (Å²) in [6, 6.07) is 5.28. The molecule has 0 amide bonds. The first kappa shape index (κ1) is 14.3. The van der Waals surface area contributed by atoms with Crippen molar-refractivity contribution in [2.75, 3.05) is 13.2 Å². The fourth-order valence-electron chi connectivity index (χ4n) is 1.67. The molecule has 3 N–H and O–H groups in total. The predicted molar refractivity (Wildman–Crippen MR) is 68.1 cm³/mol. The van der Waals surface area contributed by atoms with Crippen LogP contribution >= 0.6 is 0 Å². The number of ether oxygens (including phenoxy) is 1. The van der Waals surface area contributed by atoms with E-state index in [2.05, 4.69) is 5.32 Å². The van der Waals surface area contributed by atoms with E-state index in [4.69, 9.17) is 9.84 Å². The summed E-state index contributed by atoms with van der Waals surface area (Å²) in [5.74, 6) is -0.308. The minimum Gasteiger partial charge on any atom is -0.504 e. The van der Waals surface area contributed by atoms with Crippen molar-refractivity contribution in [1.82, 2.24) is 5.32 Å². The number of hydrogen-bond acceptors (Lipinski definition) is 4. The van der Waals surface area contributed by atoms with Crippen molar-refractivity contribution in [2.45, 2.75) is 26.3 Å². The van der Waals surface area contributed by atoms with Crippen molar-refractivity contribution in [1.29, 1.82) is 0 Å². The minimum absolute atomic E-state index is 0.0381. The second-order valence-corrected chi connectivity index (χ2v) is 4.08. The third-order valence-electron chi connectivity index (χ3n) is 2.51. The van der Waals surface area contributed by atoms with Crippen LogP contribution in [0.15, 0.2) is 18.2 Å². The Kier molecular flexibility index (Phi) is 5.45. The zero-order chi connectivity index (χ0) is 13.5. The lowest BCUT2D eigenvalue weighted by molar-refractivity contribution is -0.136. The van der Waals surface area contributed by atoms with Gasteiger partial charge in [0.05, 0.1) is 13.2 Å². The standard InChI is InChI=1S/C13H19NO4/c1-3-18-11-6-4-5-10(13(11)17)7-9(2)14-8-12(15)16/h4-6,9,14,17H,3,7-8H2,1-2H3,(H,15,16). The maximum absolute atomic E-state index is 10.4. The number of aromatic hydroxyl groups is 1. The molecule has 0 bridgehead atoms. The highest BCUT2D eigenvalue weighted by Gasteiger charge is 2.11. The van der Waals surface area contributed by atoms with Crippen molar-refractivity contribution < 1.29 is 19.7 Å². The van der Waals surface area contributed by atoms with E-state index in [1.54, 1.807) is 12.1 Å². The summed E-state index contributed by atoms with van der Waals surface area (Å²) >= 11 is 0. The first-order valence-corrected chi connectivity index (χ1v) is 5.93. The third-order valence-corrected chi connectivity index (χ3v) is 2.51. The van der Waals surface area contributed by atoms with Crippen LogP contribution in [-0.4, -0.2) is 35.4 Å². The molecule has 18 heavy (non-hydrogen) atoms. The number of carboxylic acids is 1. The number of carbonyl (C=O) groups is 1. The SMILES string of the molecule is CCOc1cccc(CC(C)NCC(=O)O)c1O. The van der Waals surface area contributed by atoms with Crippen molar-refractivity contribution in [3.63, 3.8) is 0 Å². The highest BCUT2D eigenvalue weighted by atomic mass is 16.5. The number of rotatable bonds is 7. The largest absolute Gasteiger partial charge is 0.504 e. The molecule has 0 fully saturated rings. The summed E-state index contributed by atoms with van der Waals surface area (Å²) in [6.45, 7) is 4.12. The molecule has 0 radical (unpaired) electrons. The van der Waals surface area contributed by atoms with Gasteiger partial charge in [-0.3, -0.25) is 4.79 Å². The van der Waals surface area contributed by atoms with E-state index in [0.717, 1.165) is 5.56 Å². The van der Waals surface area contributed by atoms with E-state index >= 15 is 0 Å². The van der Waals surface area contributed by atoms with Gasteiger partial charge in [0.1, 0.15) is 0 Å². The van der Waals surface area contributed by atoms with Crippen LogP contribution in [0.5, 0.6) is 11.5 Å². The highest BCUT2D eigenvalue weighted by Crippen LogP contribution is 2.30. The first-order chi connectivity index (χ1) is 8.54. The predicted octanol–water partition coefficient (Wildman–Crippen LogP) is 1.40. The maximum atomic E-state index is 10.4. The number of hydrogen-bond donors (Lipinski definition) is 3. The fraction of sp³-hybridized carbons (Fsp3) is 0.462. The molecular weight excluding hydrogens is 234 g/mol. The second kappa shape index (κ2) is 6.86. The Balaban J connectivity index is 2.66. The first-order valence-electron chi connectivity index (χ1n) is 5.93. The van der Waals surface area contributed by atoms with Crippen LogP contribution in [0.4, 0.5) is 0 Å². The number of benzene rings is 1. The Morgan fingerprint density at radius 3 is 2.83 bits per heavy atom. The number of para-hydroxylation sites is 1. The van der Waals surface area contributed by atoms with E-state index in [1.807, 2.05) is 19.9 Å². The fourth-order valence-corrected chi connectivity index (χ4v) is 1.67. The smallest absolute Gasteiger partial charge is 0.317 e. The van der Waals surface area contributed by atoms with Crippen LogP contribution in [0.3, 0.4) is 0 Å². The molecule has 0 aromatic heterocycles. The molecule has 0 spiro atoms. The quantitative estimate of drug-likeness (QED) is 0.684. The summed E-state index contributed by atoms with van der Waals surface area (Å²) in [5, 5.41) is 21.4. The maximum Gasteiger partial charge on any atom is 0.317 e. The van der Waals surface area contributed by atoms with Gasteiger partial charge < -0.3 is 20.3 Å². The van der Waals surface area contributed by atoms with Gasteiger partial charge in [-0.2, -0.15) is 0 Å². The van der Waals surface area contributed by atoms with Crippen LogP contribution in [0, 0.1) is 0 Å². The molecule has 0 saturated heterocycles. The van der Waals surface area contributed by atoms with Crippen molar-refractivity contribution in [3.8, 4) is 11.5 Å². The van der Waals surface area contributed by atoms with Gasteiger partial charge >= 0.3 is 5.97 Å². The van der Waals surface area contributed by atoms with Crippen LogP contribution in [0.2, 0.25) is 0 Å². The highest BCUT2D eigenvalue weighted by molar-refractivity contribution is 5.69. The average molecular weight is 253 g/mol. The van der Waals surface area contributed by atoms with E-state index < -0.39 is 5.97 Å². The van der Waals surface area contributed by atoms with E-state index in [9.17, 15) is 9.90 Å². The molecule has 1 rings (SSSR count). The van der Waals surface area contributed by atoms with Crippen molar-refractivity contribution >= 4 is 5.97 Å². The topological polar surface area (TPSA) is 78.8 Å². The average Bonchev–Trinajstić information content (AvgIpc) is 2.32. The molecule has 0 aliphatic heterocycles. The summed E-state index contributed by atoms with van der Waals surface area (Å²) < 4.78 is 5.29. The van der Waals surface area contributed by atoms with Crippen molar-refractivity contribution in [2.24, 2.45) is 0 Å². The lowest BCUT2D eigenvalue weighted by Crippen LogP contribution is -2.32. The molecule has 1 unspecified atom stereocenters. The molecule has 100 valence electrons. The van der Waals surface area contributed by atoms with Gasteiger partial charge in [0.2, 0.25) is 0 Å². The summed E-state index contributed by atoms with van der Waals surface area (Å²) in [7, 11) is 0. The van der Waals surface area contributed by atoms with Crippen LogP contribution in [0.1, 0.15) is 19.4 Å². The van der Waals surface area contributed by atoms with Crippen LogP contribution in [0.25, 0.3) is 0 Å². The number of phenols is 1. The van der Waals surface area contributed by atoms with E-state index in [-0.39, 0.29) is 18.3 Å². The van der Waals surface area contributed by atoms with Gasteiger partial charge in [0.15, 0.2) is 11.5 Å². The number of aliphatic carboxylic acids is 1. The zero-order valence-corrected chi connectivity index (χ0v) is 10.6. The Labute approximate surface area is 106 Å². The van der Waals surface area contributed by atoms with Gasteiger partial charge in [0, 0.05) is 6.04 Å². The van der Waals surface area contributed by atoms with Crippen LogP contribution < -0.4 is 10.1 Å². The molecule has 0 aliphatic carbocycles. The van der Waals surface area contributed by atoms with Gasteiger partial charge in [-0.25, -0.2) is 0 Å². The molecule has 1 atom stereocenters. The molecule has 1 aromatic carbocycles. The molecule has 5 nitrogen and oxygen atoms in total. The number of nitrogens with one attached hydrogen (secondary N) is 1. The summed E-state index contributed by atoms with van der Waals surface area (Å²) in [5.41, 5.74) is 0.742. The molecule has 0 aliphatic rings. The third kappa shape index (κ3) is 4.25. The van der Waals surface area contributed by atoms with Gasteiger partial charge in [-0.05, 0) is 31.9 Å². The van der Waals surface area contributed by atoms with E-state index in [1.165, 1.54) is 0 Å². The Bertz CT molecular complexity index is 406. The molecule has 0 saturated carbocycles. The molecule has 1 aromatic rings. The minimum atomic E-state index is -0.894. The monoisotopic (exact) mass is 253 g/mol. The summed E-state index contributed by atoms with van der Waals surface area (Å²) in [4.78, 5) is 10.4. The van der Waals surface area contributed by atoms with Crippen molar-refractivity contribution in [3.05, 3.63) is 23.8 Å². The van der Waals surface area contributed by atoms with Gasteiger partial charge in [-0.1, -0.05) is 12.1 Å². The Morgan fingerprint density at radius 2 is 2.22 bits per heavy atom. The lowest BCUT2D eigenvalue weighted by Gasteiger charge is -2.15. The Morgan fingerprint density at radius 1 is 1.50 bits per heavy atom. The second-order valence-electron chi connectivity index (χ2n) is 4.08.